The van der Waals surface area contributed by atoms with E-state index in [-0.39, 0.29) is 11.9 Å². The molecule has 1 N–H and O–H groups in total. The molecule has 25 heavy (non-hydrogen) atoms. The highest BCUT2D eigenvalue weighted by Crippen LogP contribution is 2.34. The van der Waals surface area contributed by atoms with Crippen LogP contribution in [0.15, 0.2) is 36.4 Å². The first kappa shape index (κ1) is 16.3. The minimum Gasteiger partial charge on any atom is -0.347 e. The largest absolute Gasteiger partial charge is 0.347 e. The number of rotatable bonds is 3. The van der Waals surface area contributed by atoms with Crippen LogP contribution in [0.3, 0.4) is 0 Å². The van der Waals surface area contributed by atoms with E-state index in [1.165, 1.54) is 24.2 Å². The number of fused-ring (bicyclic) bond motifs is 3. The van der Waals surface area contributed by atoms with Crippen LogP contribution in [0, 0.1) is 17.2 Å². The summed E-state index contributed by atoms with van der Waals surface area (Å²) in [5.41, 5.74) is 1.53. The monoisotopic (exact) mass is 351 g/mol. The Labute approximate surface area is 152 Å². The summed E-state index contributed by atoms with van der Waals surface area (Å²) < 4.78 is 0. The standard InChI is InChI=1S/C20H21N3OS/c1-13-19(14-8-10-23(13)11-9-14)22-20(24)18-7-6-17(25-18)16-5-3-2-4-15(16)12-21/h2-7,13-14,19H,8-11H2,1H3,(H,22,24). The number of thiophene rings is 1. The predicted octanol–water partition coefficient (Wildman–Crippen LogP) is 3.50. The van der Waals surface area contributed by atoms with Gasteiger partial charge in [0.2, 0.25) is 0 Å². The highest BCUT2D eigenvalue weighted by Gasteiger charge is 2.40. The Balaban J connectivity index is 1.52. The van der Waals surface area contributed by atoms with Gasteiger partial charge in [0.05, 0.1) is 16.5 Å². The van der Waals surface area contributed by atoms with Gasteiger partial charge in [0.25, 0.3) is 5.91 Å². The first-order valence-electron chi connectivity index (χ1n) is 8.81. The molecule has 1 aromatic carbocycles. The molecule has 128 valence electrons. The zero-order valence-electron chi connectivity index (χ0n) is 14.2. The van der Waals surface area contributed by atoms with Gasteiger partial charge >= 0.3 is 0 Å². The van der Waals surface area contributed by atoms with Crippen molar-refractivity contribution in [1.29, 1.82) is 5.26 Å². The van der Waals surface area contributed by atoms with Gasteiger partial charge in [-0.15, -0.1) is 11.3 Å². The van der Waals surface area contributed by atoms with Crippen LogP contribution in [0.4, 0.5) is 0 Å². The molecular formula is C20H21N3OS. The van der Waals surface area contributed by atoms with Crippen LogP contribution in [0.5, 0.6) is 0 Å². The van der Waals surface area contributed by atoms with E-state index in [4.69, 9.17) is 0 Å². The van der Waals surface area contributed by atoms with E-state index in [1.54, 1.807) is 0 Å². The molecule has 3 fully saturated rings. The lowest BCUT2D eigenvalue weighted by Crippen LogP contribution is -2.62. The summed E-state index contributed by atoms with van der Waals surface area (Å²) in [6.07, 6.45) is 2.36. The maximum absolute atomic E-state index is 12.7. The summed E-state index contributed by atoms with van der Waals surface area (Å²) in [5, 5.41) is 12.5. The van der Waals surface area contributed by atoms with Gasteiger partial charge < -0.3 is 5.32 Å². The Bertz CT molecular complexity index is 827. The van der Waals surface area contributed by atoms with E-state index >= 15 is 0 Å². The van der Waals surface area contributed by atoms with Gasteiger partial charge in [-0.05, 0) is 57.0 Å². The molecule has 2 bridgehead atoms. The molecule has 5 rings (SSSR count). The van der Waals surface area contributed by atoms with Crippen molar-refractivity contribution in [2.45, 2.75) is 31.8 Å². The summed E-state index contributed by atoms with van der Waals surface area (Å²) in [6, 6.07) is 14.2. The van der Waals surface area contributed by atoms with Gasteiger partial charge in [-0.2, -0.15) is 5.26 Å². The van der Waals surface area contributed by atoms with Gasteiger partial charge in [0, 0.05) is 22.5 Å². The number of hydrogen-bond acceptors (Lipinski definition) is 4. The maximum atomic E-state index is 12.7. The average Bonchev–Trinajstić information content (AvgIpc) is 3.15. The molecule has 4 nitrogen and oxygen atoms in total. The number of amides is 1. The third kappa shape index (κ3) is 2.97. The number of piperidine rings is 3. The molecule has 2 aromatic rings. The fraction of sp³-hybridized carbons (Fsp3) is 0.400. The molecule has 0 aliphatic carbocycles. The molecule has 4 heterocycles. The quantitative estimate of drug-likeness (QED) is 0.921. The van der Waals surface area contributed by atoms with Crippen molar-refractivity contribution >= 4 is 17.2 Å². The van der Waals surface area contributed by atoms with Crippen LogP contribution in [0.2, 0.25) is 0 Å². The van der Waals surface area contributed by atoms with Gasteiger partial charge in [0.1, 0.15) is 0 Å². The third-order valence-electron chi connectivity index (χ3n) is 5.62. The van der Waals surface area contributed by atoms with Crippen LogP contribution in [-0.2, 0) is 0 Å². The molecule has 3 aliphatic rings. The molecule has 5 heteroatoms. The van der Waals surface area contributed by atoms with E-state index in [1.807, 2.05) is 36.4 Å². The minimum absolute atomic E-state index is 0.0105. The Morgan fingerprint density at radius 2 is 2.00 bits per heavy atom. The number of nitrogens with one attached hydrogen (secondary N) is 1. The first-order chi connectivity index (χ1) is 12.2. The Kier molecular flexibility index (Phi) is 4.32. The van der Waals surface area contributed by atoms with Crippen molar-refractivity contribution in [2.24, 2.45) is 5.92 Å². The van der Waals surface area contributed by atoms with Gasteiger partial charge in [0.15, 0.2) is 0 Å². The summed E-state index contributed by atoms with van der Waals surface area (Å²) in [5.74, 6) is 0.610. The Morgan fingerprint density at radius 1 is 1.24 bits per heavy atom. The number of carbonyl (C=O) groups excluding carboxylic acids is 1. The number of nitriles is 1. The average molecular weight is 351 g/mol. The van der Waals surface area contributed by atoms with E-state index in [0.717, 1.165) is 23.5 Å². The fourth-order valence-corrected chi connectivity index (χ4v) is 5.12. The van der Waals surface area contributed by atoms with Crippen molar-refractivity contribution in [1.82, 2.24) is 10.2 Å². The summed E-state index contributed by atoms with van der Waals surface area (Å²) >= 11 is 1.46. The van der Waals surface area contributed by atoms with E-state index in [0.29, 0.717) is 22.4 Å². The Morgan fingerprint density at radius 3 is 2.72 bits per heavy atom. The van der Waals surface area contributed by atoms with Crippen LogP contribution in [-0.4, -0.2) is 36.0 Å². The number of hydrogen-bond donors (Lipinski definition) is 1. The number of carbonyl (C=O) groups is 1. The van der Waals surface area contributed by atoms with Crippen molar-refractivity contribution in [2.75, 3.05) is 13.1 Å². The third-order valence-corrected chi connectivity index (χ3v) is 6.74. The maximum Gasteiger partial charge on any atom is 0.261 e. The van der Waals surface area contributed by atoms with Gasteiger partial charge in [-0.1, -0.05) is 18.2 Å². The summed E-state index contributed by atoms with van der Waals surface area (Å²) in [7, 11) is 0. The lowest BCUT2D eigenvalue weighted by molar-refractivity contribution is 0.0218. The normalized spacial score (nSPS) is 27.7. The highest BCUT2D eigenvalue weighted by atomic mass is 32.1. The first-order valence-corrected chi connectivity index (χ1v) is 9.63. The SMILES string of the molecule is CC1C(NC(=O)c2ccc(-c3ccccc3C#N)s2)C2CCN1CC2. The predicted molar refractivity (Wildman–Crippen MR) is 99.5 cm³/mol. The van der Waals surface area contributed by atoms with Crippen molar-refractivity contribution in [3.05, 3.63) is 46.8 Å². The van der Waals surface area contributed by atoms with Crippen LogP contribution >= 0.6 is 11.3 Å². The summed E-state index contributed by atoms with van der Waals surface area (Å²) in [6.45, 7) is 4.54. The molecule has 1 amide bonds. The number of nitrogens with zero attached hydrogens (tertiary/aromatic N) is 2. The lowest BCUT2D eigenvalue weighted by Gasteiger charge is -2.49. The van der Waals surface area contributed by atoms with Gasteiger partial charge in [-0.25, -0.2) is 0 Å². The smallest absolute Gasteiger partial charge is 0.261 e. The van der Waals surface area contributed by atoms with Crippen molar-refractivity contribution in [3.8, 4) is 16.5 Å². The highest BCUT2D eigenvalue weighted by molar-refractivity contribution is 7.17. The molecule has 0 spiro atoms. The topological polar surface area (TPSA) is 56.1 Å². The molecule has 3 saturated heterocycles. The van der Waals surface area contributed by atoms with E-state index in [9.17, 15) is 10.1 Å². The fourth-order valence-electron chi connectivity index (χ4n) is 4.17. The second-order valence-corrected chi connectivity index (χ2v) is 8.02. The molecule has 3 aliphatic heterocycles. The van der Waals surface area contributed by atoms with E-state index in [2.05, 4.69) is 23.2 Å². The van der Waals surface area contributed by atoms with Gasteiger partial charge in [-0.3, -0.25) is 9.69 Å². The molecule has 0 saturated carbocycles. The molecule has 0 radical (unpaired) electrons. The lowest BCUT2D eigenvalue weighted by atomic mass is 9.79. The second-order valence-electron chi connectivity index (χ2n) is 6.93. The van der Waals surface area contributed by atoms with Crippen molar-refractivity contribution < 1.29 is 4.79 Å². The molecule has 2 atom stereocenters. The van der Waals surface area contributed by atoms with Crippen molar-refractivity contribution in [3.63, 3.8) is 0 Å². The zero-order valence-corrected chi connectivity index (χ0v) is 15.1. The summed E-state index contributed by atoms with van der Waals surface area (Å²) in [4.78, 5) is 16.9. The Hall–Kier alpha value is -2.16. The molecule has 2 unspecified atom stereocenters. The van der Waals surface area contributed by atoms with Crippen LogP contribution in [0.1, 0.15) is 35.0 Å². The van der Waals surface area contributed by atoms with Crippen LogP contribution < -0.4 is 5.32 Å². The molecular weight excluding hydrogens is 330 g/mol. The van der Waals surface area contributed by atoms with Crippen LogP contribution in [0.25, 0.3) is 10.4 Å². The number of benzene rings is 1. The minimum atomic E-state index is 0.0105. The zero-order chi connectivity index (χ0) is 17.4. The second kappa shape index (κ2) is 6.62. The molecule has 1 aromatic heterocycles. The van der Waals surface area contributed by atoms with E-state index < -0.39 is 0 Å².